The molecule has 0 spiro atoms. The van der Waals surface area contributed by atoms with Gasteiger partial charge in [0.25, 0.3) is 11.8 Å². The van der Waals surface area contributed by atoms with Crippen LogP contribution < -0.4 is 16.0 Å². The number of likely N-dealkylation sites (N-methyl/N-ethyl adjacent to an activating group) is 1. The fraction of sp³-hybridized carbons (Fsp3) is 0.276. The predicted molar refractivity (Wildman–Crippen MR) is 148 cm³/mol. The molecule has 0 saturated carbocycles. The van der Waals surface area contributed by atoms with E-state index in [1.165, 1.54) is 0 Å². The Morgan fingerprint density at radius 1 is 0.838 bits per heavy atom. The highest BCUT2D eigenvalue weighted by Gasteiger charge is 2.20. The van der Waals surface area contributed by atoms with Gasteiger partial charge in [-0.25, -0.2) is 0 Å². The summed E-state index contributed by atoms with van der Waals surface area (Å²) in [6, 6.07) is 22.3. The molecule has 194 valence electrons. The second kappa shape index (κ2) is 14.2. The number of anilines is 1. The summed E-state index contributed by atoms with van der Waals surface area (Å²) in [5.41, 5.74) is 2.23. The van der Waals surface area contributed by atoms with Gasteiger partial charge in [-0.1, -0.05) is 67.9 Å². The molecule has 3 aromatic rings. The molecule has 0 aliphatic carbocycles. The van der Waals surface area contributed by atoms with Gasteiger partial charge >= 0.3 is 0 Å². The lowest BCUT2D eigenvalue weighted by Gasteiger charge is -2.19. The second-order valence-electron chi connectivity index (χ2n) is 8.53. The number of rotatable bonds is 12. The number of carbonyl (C=O) groups excluding carboxylic acids is 3. The zero-order valence-corrected chi connectivity index (χ0v) is 21.9. The first kappa shape index (κ1) is 27.9. The van der Waals surface area contributed by atoms with Crippen molar-refractivity contribution >= 4 is 35.0 Å². The maximum Gasteiger partial charge on any atom is 0.253 e. The van der Waals surface area contributed by atoms with Crippen LogP contribution in [0.5, 0.6) is 0 Å². The van der Waals surface area contributed by atoms with E-state index in [-0.39, 0.29) is 24.1 Å². The Bertz CT molecular complexity index is 1180. The largest absolute Gasteiger partial charge is 0.351 e. The molecule has 3 rings (SSSR count). The van der Waals surface area contributed by atoms with E-state index < -0.39 is 6.04 Å². The topological polar surface area (TPSA) is 90.5 Å². The average molecular weight is 521 g/mol. The smallest absolute Gasteiger partial charge is 0.253 e. The van der Waals surface area contributed by atoms with Gasteiger partial charge in [0.15, 0.2) is 0 Å². The summed E-state index contributed by atoms with van der Waals surface area (Å²) in [5, 5.41) is 9.04. The zero-order chi connectivity index (χ0) is 26.6. The highest BCUT2D eigenvalue weighted by Crippen LogP contribution is 2.21. The van der Waals surface area contributed by atoms with E-state index in [2.05, 4.69) is 34.7 Å². The van der Waals surface area contributed by atoms with Crippen molar-refractivity contribution < 1.29 is 14.4 Å². The summed E-state index contributed by atoms with van der Waals surface area (Å²) >= 11 is 6.18. The van der Waals surface area contributed by atoms with Crippen LogP contribution in [0.1, 0.15) is 52.6 Å². The van der Waals surface area contributed by atoms with Crippen LogP contribution in [0.4, 0.5) is 5.69 Å². The van der Waals surface area contributed by atoms with E-state index in [4.69, 9.17) is 11.6 Å². The number of halogens is 1. The van der Waals surface area contributed by atoms with Crippen molar-refractivity contribution in [1.29, 1.82) is 0 Å². The van der Waals surface area contributed by atoms with Crippen LogP contribution in [-0.2, 0) is 4.79 Å². The molecule has 0 aromatic heterocycles. The Morgan fingerprint density at radius 2 is 1.49 bits per heavy atom. The fourth-order valence-electron chi connectivity index (χ4n) is 3.89. The van der Waals surface area contributed by atoms with Crippen LogP contribution in [0.15, 0.2) is 78.9 Å². The molecule has 1 atom stereocenters. The zero-order valence-electron chi connectivity index (χ0n) is 21.2. The molecule has 0 aliphatic rings. The standard InChI is InChI=1S/C29H33ClN4O3/c1-3-34(4-2)19-18-31-28(36)22-14-16-23(17-15-22)32-27(35)20-26(21-10-6-5-7-11-21)33-29(37)24-12-8-9-13-25(24)30/h5-17,26H,3-4,18-20H2,1-2H3,(H,31,36)(H,32,35)(H,33,37). The van der Waals surface area contributed by atoms with Crippen LogP contribution in [0.3, 0.4) is 0 Å². The highest BCUT2D eigenvalue weighted by atomic mass is 35.5. The van der Waals surface area contributed by atoms with Gasteiger partial charge in [0.2, 0.25) is 5.91 Å². The summed E-state index contributed by atoms with van der Waals surface area (Å²) in [5.74, 6) is -0.787. The van der Waals surface area contributed by atoms with Gasteiger partial charge in [-0.05, 0) is 55.1 Å². The Morgan fingerprint density at radius 3 is 2.14 bits per heavy atom. The fourth-order valence-corrected chi connectivity index (χ4v) is 4.11. The van der Waals surface area contributed by atoms with E-state index in [1.807, 2.05) is 30.3 Å². The second-order valence-corrected chi connectivity index (χ2v) is 8.94. The van der Waals surface area contributed by atoms with Crippen LogP contribution >= 0.6 is 11.6 Å². The van der Waals surface area contributed by atoms with Crippen molar-refractivity contribution in [3.63, 3.8) is 0 Å². The molecule has 3 aromatic carbocycles. The highest BCUT2D eigenvalue weighted by molar-refractivity contribution is 6.33. The molecule has 7 nitrogen and oxygen atoms in total. The van der Waals surface area contributed by atoms with Crippen molar-refractivity contribution in [2.75, 3.05) is 31.5 Å². The molecule has 0 heterocycles. The molecule has 0 bridgehead atoms. The summed E-state index contributed by atoms with van der Waals surface area (Å²) < 4.78 is 0. The molecule has 0 radical (unpaired) electrons. The van der Waals surface area contributed by atoms with E-state index >= 15 is 0 Å². The third kappa shape index (κ3) is 8.44. The summed E-state index contributed by atoms with van der Waals surface area (Å²) in [7, 11) is 0. The molecule has 3 N–H and O–H groups in total. The van der Waals surface area contributed by atoms with Gasteiger partial charge in [0.1, 0.15) is 0 Å². The number of nitrogens with zero attached hydrogens (tertiary/aromatic N) is 1. The van der Waals surface area contributed by atoms with Crippen LogP contribution in [0, 0.1) is 0 Å². The molecular weight excluding hydrogens is 488 g/mol. The first-order chi connectivity index (χ1) is 17.9. The van der Waals surface area contributed by atoms with Crippen LogP contribution in [0.25, 0.3) is 0 Å². The Balaban J connectivity index is 1.60. The van der Waals surface area contributed by atoms with Gasteiger partial charge in [0, 0.05) is 24.3 Å². The number of hydrogen-bond donors (Lipinski definition) is 3. The third-order valence-electron chi connectivity index (χ3n) is 6.05. The quantitative estimate of drug-likeness (QED) is 0.316. The summed E-state index contributed by atoms with van der Waals surface area (Å²) in [4.78, 5) is 40.4. The Labute approximate surface area is 223 Å². The third-order valence-corrected chi connectivity index (χ3v) is 6.38. The van der Waals surface area contributed by atoms with Crippen molar-refractivity contribution in [2.24, 2.45) is 0 Å². The van der Waals surface area contributed by atoms with E-state index in [1.54, 1.807) is 48.5 Å². The molecular formula is C29H33ClN4O3. The molecule has 1 unspecified atom stereocenters. The number of carbonyl (C=O) groups is 3. The lowest BCUT2D eigenvalue weighted by molar-refractivity contribution is -0.116. The first-order valence-electron chi connectivity index (χ1n) is 12.4. The number of nitrogens with one attached hydrogen (secondary N) is 3. The number of amides is 3. The first-order valence-corrected chi connectivity index (χ1v) is 12.8. The molecule has 0 saturated heterocycles. The maximum absolute atomic E-state index is 12.9. The lowest BCUT2D eigenvalue weighted by atomic mass is 10.0. The number of hydrogen-bond acceptors (Lipinski definition) is 4. The molecule has 0 fully saturated rings. The van der Waals surface area contributed by atoms with Gasteiger partial charge in [0.05, 0.1) is 23.0 Å². The predicted octanol–water partition coefficient (Wildman–Crippen LogP) is 4.91. The molecule has 0 aliphatic heterocycles. The van der Waals surface area contributed by atoms with Crippen molar-refractivity contribution in [3.8, 4) is 0 Å². The van der Waals surface area contributed by atoms with Crippen molar-refractivity contribution in [2.45, 2.75) is 26.3 Å². The Kier molecular flexibility index (Phi) is 10.7. The normalized spacial score (nSPS) is 11.6. The van der Waals surface area contributed by atoms with Gasteiger partial charge in [-0.15, -0.1) is 0 Å². The minimum Gasteiger partial charge on any atom is -0.351 e. The summed E-state index contributed by atoms with van der Waals surface area (Å²) in [6.45, 7) is 7.42. The van der Waals surface area contributed by atoms with E-state index in [0.717, 1.165) is 25.2 Å². The monoisotopic (exact) mass is 520 g/mol. The van der Waals surface area contributed by atoms with Crippen molar-refractivity contribution in [1.82, 2.24) is 15.5 Å². The van der Waals surface area contributed by atoms with Crippen LogP contribution in [-0.4, -0.2) is 48.8 Å². The van der Waals surface area contributed by atoms with Crippen molar-refractivity contribution in [3.05, 3.63) is 101 Å². The minimum atomic E-state index is -0.555. The molecule has 3 amide bonds. The van der Waals surface area contributed by atoms with Gasteiger partial charge < -0.3 is 20.9 Å². The maximum atomic E-state index is 12.9. The number of benzene rings is 3. The van der Waals surface area contributed by atoms with E-state index in [0.29, 0.717) is 28.4 Å². The van der Waals surface area contributed by atoms with Gasteiger partial charge in [-0.3, -0.25) is 14.4 Å². The molecule has 8 heteroatoms. The SMILES string of the molecule is CCN(CC)CCNC(=O)c1ccc(NC(=O)CC(NC(=O)c2ccccc2Cl)c2ccccc2)cc1. The lowest BCUT2D eigenvalue weighted by Crippen LogP contribution is -2.34. The average Bonchev–Trinajstić information content (AvgIpc) is 2.91. The van der Waals surface area contributed by atoms with Gasteiger partial charge in [-0.2, -0.15) is 0 Å². The molecule has 37 heavy (non-hydrogen) atoms. The minimum absolute atomic E-state index is 0.0216. The summed E-state index contributed by atoms with van der Waals surface area (Å²) in [6.07, 6.45) is 0.0216. The van der Waals surface area contributed by atoms with Crippen LogP contribution in [0.2, 0.25) is 5.02 Å². The van der Waals surface area contributed by atoms with E-state index in [9.17, 15) is 14.4 Å². The Hall–Kier alpha value is -3.68.